The fraction of sp³-hybridized carbons (Fsp3) is 0.848. The Bertz CT molecular complexity index is 1100. The van der Waals surface area contributed by atoms with E-state index in [0.717, 1.165) is 19.3 Å². The zero-order chi connectivity index (χ0) is 38.5. The highest BCUT2D eigenvalue weighted by Gasteiger charge is 2.53. The van der Waals surface area contributed by atoms with E-state index in [2.05, 4.69) is 18.3 Å². The Morgan fingerprint density at radius 1 is 0.654 bits per heavy atom. The van der Waals surface area contributed by atoms with Crippen molar-refractivity contribution in [1.82, 2.24) is 5.32 Å². The molecule has 3 aliphatic rings. The van der Waals surface area contributed by atoms with Crippen LogP contribution in [0.2, 0.25) is 0 Å². The van der Waals surface area contributed by atoms with E-state index in [0.29, 0.717) is 6.42 Å². The summed E-state index contributed by atoms with van der Waals surface area (Å²) in [6.07, 6.45) is -15.9. The number of aliphatic hydroxyl groups excluding tert-OH is 11. The average Bonchev–Trinajstić information content (AvgIpc) is 3.14. The summed E-state index contributed by atoms with van der Waals surface area (Å²) in [6.45, 7) is 0.891. The van der Waals surface area contributed by atoms with Crippen molar-refractivity contribution in [3.63, 3.8) is 0 Å². The van der Waals surface area contributed by atoms with Crippen molar-refractivity contribution in [2.24, 2.45) is 0 Å². The summed E-state index contributed by atoms with van der Waals surface area (Å²) in [5.74, 6) is -0.384. The standard InChI is InChI=1S/C33H57NO18/c1-3-5-6-7-8-9-10-11-17(38)16(34-21(39)4-2)15-47-31-27(45)24(42)29(19(13-36)49-31)52-33-28(46)25(43)30(20(14-37)50-33)51-32-26(44)23(41)22(40)18(12-35)48-32/h6-7,10-11,16-20,22-33,35-38,40-46H,3-5,8-9,12-15H2,1-2H3,(H,34,39)/b7-6+,11-10+. The van der Waals surface area contributed by atoms with E-state index in [1.54, 1.807) is 13.0 Å². The normalized spacial score (nSPS) is 39.9. The number of hydrogen-bond donors (Lipinski definition) is 12. The van der Waals surface area contributed by atoms with Crippen LogP contribution in [0.1, 0.15) is 46.0 Å². The largest absolute Gasteiger partial charge is 0.394 e. The van der Waals surface area contributed by atoms with Crippen LogP contribution in [0.25, 0.3) is 0 Å². The van der Waals surface area contributed by atoms with Gasteiger partial charge in [-0.05, 0) is 19.3 Å². The van der Waals surface area contributed by atoms with Gasteiger partial charge in [0.2, 0.25) is 5.91 Å². The van der Waals surface area contributed by atoms with Gasteiger partial charge in [0.15, 0.2) is 18.9 Å². The Morgan fingerprint density at radius 3 is 1.67 bits per heavy atom. The molecule has 17 unspecified atom stereocenters. The fourth-order valence-corrected chi connectivity index (χ4v) is 5.88. The first kappa shape index (κ1) is 44.7. The van der Waals surface area contributed by atoms with E-state index in [9.17, 15) is 61.0 Å². The molecule has 0 saturated carbocycles. The van der Waals surface area contributed by atoms with Crippen molar-refractivity contribution in [2.75, 3.05) is 26.4 Å². The molecular formula is C33H57NO18. The smallest absolute Gasteiger partial charge is 0.220 e. The van der Waals surface area contributed by atoms with Gasteiger partial charge < -0.3 is 89.9 Å². The van der Waals surface area contributed by atoms with Crippen molar-refractivity contribution in [3.8, 4) is 0 Å². The number of carbonyl (C=O) groups is 1. The van der Waals surface area contributed by atoms with Crippen molar-refractivity contribution in [3.05, 3.63) is 24.3 Å². The van der Waals surface area contributed by atoms with E-state index in [1.165, 1.54) is 6.08 Å². The molecule has 52 heavy (non-hydrogen) atoms. The molecule has 19 heteroatoms. The van der Waals surface area contributed by atoms with Gasteiger partial charge >= 0.3 is 0 Å². The highest BCUT2D eigenvalue weighted by Crippen LogP contribution is 2.32. The zero-order valence-electron chi connectivity index (χ0n) is 29.3. The summed E-state index contributed by atoms with van der Waals surface area (Å²) in [6, 6.07) is -0.977. The highest BCUT2D eigenvalue weighted by atomic mass is 16.8. The number of unbranched alkanes of at least 4 members (excludes halogenated alkanes) is 2. The summed E-state index contributed by atoms with van der Waals surface area (Å²) < 4.78 is 33.4. The summed E-state index contributed by atoms with van der Waals surface area (Å²) >= 11 is 0. The lowest BCUT2D eigenvalue weighted by Crippen LogP contribution is -2.66. The summed E-state index contributed by atoms with van der Waals surface area (Å²) in [7, 11) is 0. The van der Waals surface area contributed by atoms with Gasteiger partial charge in [-0.3, -0.25) is 4.79 Å². The maximum absolute atomic E-state index is 12.2. The maximum Gasteiger partial charge on any atom is 0.220 e. The van der Waals surface area contributed by atoms with Gasteiger partial charge in [0.05, 0.1) is 38.6 Å². The van der Waals surface area contributed by atoms with Gasteiger partial charge in [0, 0.05) is 6.42 Å². The minimum absolute atomic E-state index is 0.115. The predicted octanol–water partition coefficient (Wildman–Crippen LogP) is -4.60. The number of ether oxygens (including phenoxy) is 6. The van der Waals surface area contributed by atoms with Crippen LogP contribution < -0.4 is 5.32 Å². The predicted molar refractivity (Wildman–Crippen MR) is 176 cm³/mol. The number of amides is 1. The van der Waals surface area contributed by atoms with Crippen molar-refractivity contribution in [1.29, 1.82) is 0 Å². The summed E-state index contributed by atoms with van der Waals surface area (Å²) in [5.41, 5.74) is 0. The van der Waals surface area contributed by atoms with Gasteiger partial charge in [0.25, 0.3) is 0 Å². The molecule has 0 aromatic rings. The molecule has 0 radical (unpaired) electrons. The number of aliphatic hydroxyl groups is 11. The third kappa shape index (κ3) is 11.6. The van der Waals surface area contributed by atoms with Gasteiger partial charge in [-0.1, -0.05) is 44.6 Å². The van der Waals surface area contributed by atoms with Crippen molar-refractivity contribution < 1.29 is 89.4 Å². The summed E-state index contributed by atoms with van der Waals surface area (Å²) in [4.78, 5) is 12.2. The van der Waals surface area contributed by atoms with Crippen LogP contribution in [0, 0.1) is 0 Å². The Labute approximate surface area is 301 Å². The third-order valence-corrected chi connectivity index (χ3v) is 9.05. The molecular weight excluding hydrogens is 698 g/mol. The molecule has 3 saturated heterocycles. The molecule has 3 aliphatic heterocycles. The number of rotatable bonds is 19. The quantitative estimate of drug-likeness (QED) is 0.0436. The average molecular weight is 756 g/mol. The van der Waals surface area contributed by atoms with Crippen LogP contribution in [0.3, 0.4) is 0 Å². The van der Waals surface area contributed by atoms with Gasteiger partial charge in [-0.15, -0.1) is 0 Å². The Balaban J connectivity index is 1.64. The van der Waals surface area contributed by atoms with Gasteiger partial charge in [-0.25, -0.2) is 0 Å². The molecule has 12 N–H and O–H groups in total. The SMILES string of the molecule is CCC/C=C/CC/C=C/C(O)C(COC1OC(CO)C(OC2OC(CO)C(OC3OC(CO)C(O)C(O)C3O)C(O)C2O)C(O)C1O)NC(=O)CC. The van der Waals surface area contributed by atoms with Crippen LogP contribution in [0.4, 0.5) is 0 Å². The molecule has 0 spiro atoms. The molecule has 0 aliphatic carbocycles. The number of allylic oxidation sites excluding steroid dienone is 3. The van der Waals surface area contributed by atoms with E-state index in [1.807, 2.05) is 6.08 Å². The molecule has 0 aromatic carbocycles. The van der Waals surface area contributed by atoms with Crippen LogP contribution in [-0.2, 0) is 33.2 Å². The lowest BCUT2D eigenvalue weighted by atomic mass is 9.96. The molecule has 3 rings (SSSR count). The first-order valence-electron chi connectivity index (χ1n) is 17.6. The zero-order valence-corrected chi connectivity index (χ0v) is 29.3. The molecule has 1 amide bonds. The van der Waals surface area contributed by atoms with Crippen LogP contribution in [0.5, 0.6) is 0 Å². The van der Waals surface area contributed by atoms with Crippen molar-refractivity contribution >= 4 is 5.91 Å². The second-order valence-corrected chi connectivity index (χ2v) is 12.9. The lowest BCUT2D eigenvalue weighted by molar-refractivity contribution is -0.379. The first-order chi connectivity index (χ1) is 24.8. The van der Waals surface area contributed by atoms with Crippen LogP contribution in [-0.4, -0.2) is 193 Å². The summed E-state index contributed by atoms with van der Waals surface area (Å²) in [5, 5.41) is 117. The molecule has 3 fully saturated rings. The molecule has 19 nitrogen and oxygen atoms in total. The van der Waals surface area contributed by atoms with Gasteiger partial charge in [0.1, 0.15) is 73.2 Å². The Morgan fingerprint density at radius 2 is 1.13 bits per heavy atom. The Kier molecular flexibility index (Phi) is 18.9. The monoisotopic (exact) mass is 755 g/mol. The number of nitrogens with one attached hydrogen (secondary N) is 1. The van der Waals surface area contributed by atoms with E-state index in [4.69, 9.17) is 28.4 Å². The topological polar surface area (TPSA) is 307 Å². The first-order valence-corrected chi connectivity index (χ1v) is 17.6. The molecule has 302 valence electrons. The van der Waals surface area contributed by atoms with E-state index < -0.39 is 124 Å². The van der Waals surface area contributed by atoms with E-state index in [-0.39, 0.29) is 18.9 Å². The lowest BCUT2D eigenvalue weighted by Gasteiger charge is -2.48. The van der Waals surface area contributed by atoms with Gasteiger partial charge in [-0.2, -0.15) is 0 Å². The molecule has 0 bridgehead atoms. The second kappa shape index (κ2) is 22.0. The minimum atomic E-state index is -1.97. The number of carbonyl (C=O) groups excluding carboxylic acids is 1. The van der Waals surface area contributed by atoms with Crippen LogP contribution in [0.15, 0.2) is 24.3 Å². The fourth-order valence-electron chi connectivity index (χ4n) is 5.88. The molecule has 17 atom stereocenters. The molecule has 0 aromatic heterocycles. The maximum atomic E-state index is 12.2. The minimum Gasteiger partial charge on any atom is -0.394 e. The van der Waals surface area contributed by atoms with Crippen molar-refractivity contribution in [2.45, 2.75) is 150 Å². The Hall–Kier alpha value is -1.73. The van der Waals surface area contributed by atoms with Crippen LogP contribution >= 0.6 is 0 Å². The highest BCUT2D eigenvalue weighted by molar-refractivity contribution is 5.75. The second-order valence-electron chi connectivity index (χ2n) is 12.9. The number of hydrogen-bond acceptors (Lipinski definition) is 18. The third-order valence-electron chi connectivity index (χ3n) is 9.05. The molecule has 3 heterocycles. The van der Waals surface area contributed by atoms with E-state index >= 15 is 0 Å².